The molecule has 1 aromatic rings. The predicted molar refractivity (Wildman–Crippen MR) is 64.5 cm³/mol. The van der Waals surface area contributed by atoms with Crippen molar-refractivity contribution in [3.05, 3.63) is 34.9 Å². The van der Waals surface area contributed by atoms with E-state index in [1.54, 1.807) is 0 Å². The van der Waals surface area contributed by atoms with Gasteiger partial charge < -0.3 is 15.1 Å². The van der Waals surface area contributed by atoms with Crippen molar-refractivity contribution in [1.29, 1.82) is 0 Å². The van der Waals surface area contributed by atoms with Crippen LogP contribution in [0.5, 0.6) is 0 Å². The van der Waals surface area contributed by atoms with E-state index in [0.717, 1.165) is 12.8 Å². The Morgan fingerprint density at radius 2 is 1.75 bits per heavy atom. The lowest BCUT2D eigenvalue weighted by atomic mass is 10.1. The Morgan fingerprint density at radius 3 is 2.20 bits per heavy atom. The van der Waals surface area contributed by atoms with Crippen molar-refractivity contribution in [2.45, 2.75) is 18.9 Å². The van der Waals surface area contributed by atoms with Crippen LogP contribution in [0.1, 0.15) is 33.6 Å². The van der Waals surface area contributed by atoms with E-state index in [2.05, 4.69) is 0 Å². The lowest BCUT2D eigenvalue weighted by Crippen LogP contribution is -2.36. The third-order valence-electron chi connectivity index (χ3n) is 3.11. The smallest absolute Gasteiger partial charge is 0.336 e. The minimum absolute atomic E-state index is 0.0293. The molecular formula is C13H13F2NO4. The van der Waals surface area contributed by atoms with Gasteiger partial charge >= 0.3 is 5.97 Å². The van der Waals surface area contributed by atoms with Gasteiger partial charge in [0.05, 0.1) is 17.7 Å². The highest BCUT2D eigenvalue weighted by atomic mass is 19.2. The van der Waals surface area contributed by atoms with E-state index < -0.39 is 34.6 Å². The van der Waals surface area contributed by atoms with Gasteiger partial charge in [-0.25, -0.2) is 13.6 Å². The molecule has 0 bridgehead atoms. The van der Waals surface area contributed by atoms with Crippen LogP contribution in [-0.2, 0) is 0 Å². The zero-order valence-electron chi connectivity index (χ0n) is 10.5. The van der Waals surface area contributed by atoms with Crippen LogP contribution in [-0.4, -0.2) is 46.2 Å². The fourth-order valence-corrected chi connectivity index (χ4v) is 2.00. The average molecular weight is 285 g/mol. The summed E-state index contributed by atoms with van der Waals surface area (Å²) in [6, 6.07) is 1.01. The topological polar surface area (TPSA) is 77.8 Å². The summed E-state index contributed by atoms with van der Waals surface area (Å²) >= 11 is 0. The van der Waals surface area contributed by atoms with Gasteiger partial charge in [0.25, 0.3) is 5.91 Å². The predicted octanol–water partition coefficient (Wildman–Crippen LogP) is 1.26. The molecule has 0 spiro atoms. The second-order valence-electron chi connectivity index (χ2n) is 4.57. The zero-order valence-corrected chi connectivity index (χ0v) is 10.5. The maximum absolute atomic E-state index is 13.3. The van der Waals surface area contributed by atoms with Crippen molar-refractivity contribution in [3.8, 4) is 0 Å². The molecule has 0 atom stereocenters. The number of carboxylic acid groups (broad SMARTS) is 1. The fourth-order valence-electron chi connectivity index (χ4n) is 2.00. The summed E-state index contributed by atoms with van der Waals surface area (Å²) in [7, 11) is 0. The van der Waals surface area contributed by atoms with Crippen molar-refractivity contribution in [2.24, 2.45) is 0 Å². The zero-order chi connectivity index (χ0) is 14.9. The molecule has 1 aliphatic rings. The Kier molecular flexibility index (Phi) is 3.99. The number of aromatic carboxylic acids is 1. The van der Waals surface area contributed by atoms with E-state index in [1.165, 1.54) is 4.90 Å². The number of carbonyl (C=O) groups excluding carboxylic acids is 1. The van der Waals surface area contributed by atoms with Gasteiger partial charge in [-0.05, 0) is 25.0 Å². The van der Waals surface area contributed by atoms with Crippen molar-refractivity contribution in [1.82, 2.24) is 4.90 Å². The monoisotopic (exact) mass is 285 g/mol. The minimum Gasteiger partial charge on any atom is -0.478 e. The van der Waals surface area contributed by atoms with E-state index in [0.29, 0.717) is 12.1 Å². The summed E-state index contributed by atoms with van der Waals surface area (Å²) in [5.74, 6) is -4.82. The second-order valence-corrected chi connectivity index (χ2v) is 4.57. The molecule has 1 aliphatic carbocycles. The molecule has 0 radical (unpaired) electrons. The SMILES string of the molecule is O=C(O)c1cc(F)c(F)cc1C(=O)N(CCO)C1CC1. The highest BCUT2D eigenvalue weighted by molar-refractivity contribution is 6.05. The molecule has 0 aromatic heterocycles. The van der Waals surface area contributed by atoms with Crippen LogP contribution in [0.3, 0.4) is 0 Å². The highest BCUT2D eigenvalue weighted by Crippen LogP contribution is 2.29. The molecule has 1 fully saturated rings. The van der Waals surface area contributed by atoms with Crippen LogP contribution in [0.25, 0.3) is 0 Å². The van der Waals surface area contributed by atoms with Gasteiger partial charge in [0, 0.05) is 12.6 Å². The summed E-state index contributed by atoms with van der Waals surface area (Å²) in [4.78, 5) is 24.6. The van der Waals surface area contributed by atoms with Gasteiger partial charge in [-0.3, -0.25) is 4.79 Å². The minimum atomic E-state index is -1.51. The number of rotatable bonds is 5. The number of nitrogens with zero attached hydrogens (tertiary/aromatic N) is 1. The van der Waals surface area contributed by atoms with E-state index in [-0.39, 0.29) is 19.2 Å². The van der Waals surface area contributed by atoms with E-state index in [1.807, 2.05) is 0 Å². The van der Waals surface area contributed by atoms with Gasteiger partial charge in [-0.2, -0.15) is 0 Å². The maximum Gasteiger partial charge on any atom is 0.336 e. The normalized spacial score (nSPS) is 14.2. The first-order valence-electron chi connectivity index (χ1n) is 6.10. The lowest BCUT2D eigenvalue weighted by molar-refractivity contribution is 0.0659. The molecule has 0 unspecified atom stereocenters. The quantitative estimate of drug-likeness (QED) is 0.853. The third-order valence-corrected chi connectivity index (χ3v) is 3.11. The number of benzene rings is 1. The summed E-state index contributed by atoms with van der Waals surface area (Å²) in [6.45, 7) is -0.254. The molecule has 2 N–H and O–H groups in total. The van der Waals surface area contributed by atoms with Crippen LogP contribution in [0.15, 0.2) is 12.1 Å². The number of aliphatic hydroxyl groups is 1. The van der Waals surface area contributed by atoms with Gasteiger partial charge in [0.2, 0.25) is 0 Å². The van der Waals surface area contributed by atoms with Crippen molar-refractivity contribution in [3.63, 3.8) is 0 Å². The summed E-state index contributed by atoms with van der Waals surface area (Å²) < 4.78 is 26.4. The highest BCUT2D eigenvalue weighted by Gasteiger charge is 2.34. The van der Waals surface area contributed by atoms with Crippen LogP contribution in [0, 0.1) is 11.6 Å². The molecule has 5 nitrogen and oxygen atoms in total. The summed E-state index contributed by atoms with van der Waals surface area (Å²) in [6.07, 6.45) is 1.50. The first kappa shape index (κ1) is 14.4. The number of amides is 1. The molecule has 0 aliphatic heterocycles. The van der Waals surface area contributed by atoms with Crippen LogP contribution < -0.4 is 0 Å². The van der Waals surface area contributed by atoms with Gasteiger partial charge in [-0.1, -0.05) is 0 Å². The van der Waals surface area contributed by atoms with E-state index in [9.17, 15) is 18.4 Å². The molecular weight excluding hydrogens is 272 g/mol. The molecule has 0 saturated heterocycles. The molecule has 108 valence electrons. The van der Waals surface area contributed by atoms with Crippen molar-refractivity contribution >= 4 is 11.9 Å². The number of hydrogen-bond acceptors (Lipinski definition) is 3. The second kappa shape index (κ2) is 5.54. The summed E-state index contributed by atoms with van der Waals surface area (Å²) in [5.41, 5.74) is -0.991. The standard InChI is InChI=1S/C13H13F2NO4/c14-10-5-8(9(13(19)20)6-11(10)15)12(18)16(3-4-17)7-1-2-7/h5-7,17H,1-4H2,(H,19,20). The van der Waals surface area contributed by atoms with Gasteiger partial charge in [0.1, 0.15) is 0 Å². The third kappa shape index (κ3) is 2.77. The van der Waals surface area contributed by atoms with Crippen LogP contribution in [0.2, 0.25) is 0 Å². The van der Waals surface area contributed by atoms with E-state index >= 15 is 0 Å². The molecule has 1 aromatic carbocycles. The molecule has 7 heteroatoms. The number of halogens is 2. The maximum atomic E-state index is 13.3. The summed E-state index contributed by atoms with van der Waals surface area (Å²) in [5, 5.41) is 17.9. The first-order valence-corrected chi connectivity index (χ1v) is 6.10. The Hall–Kier alpha value is -2.02. The molecule has 1 amide bonds. The number of carbonyl (C=O) groups is 2. The van der Waals surface area contributed by atoms with Crippen LogP contribution in [0.4, 0.5) is 8.78 Å². The Morgan fingerprint density at radius 1 is 1.20 bits per heavy atom. The molecule has 20 heavy (non-hydrogen) atoms. The van der Waals surface area contributed by atoms with Gasteiger partial charge in [-0.15, -0.1) is 0 Å². The van der Waals surface area contributed by atoms with E-state index in [4.69, 9.17) is 10.2 Å². The number of aliphatic hydroxyl groups excluding tert-OH is 1. The number of carboxylic acids is 1. The van der Waals surface area contributed by atoms with Crippen LogP contribution >= 0.6 is 0 Å². The first-order chi connectivity index (χ1) is 9.45. The Bertz CT molecular complexity index is 558. The van der Waals surface area contributed by atoms with Gasteiger partial charge in [0.15, 0.2) is 11.6 Å². The molecule has 2 rings (SSSR count). The Balaban J connectivity index is 2.41. The lowest BCUT2D eigenvalue weighted by Gasteiger charge is -2.22. The molecule has 0 heterocycles. The Labute approximate surface area is 113 Å². The largest absolute Gasteiger partial charge is 0.478 e. The number of hydrogen-bond donors (Lipinski definition) is 2. The average Bonchev–Trinajstić information content (AvgIpc) is 3.22. The fraction of sp³-hybridized carbons (Fsp3) is 0.385. The van der Waals surface area contributed by atoms with Crippen molar-refractivity contribution in [2.75, 3.05) is 13.2 Å². The van der Waals surface area contributed by atoms with Crippen molar-refractivity contribution < 1.29 is 28.6 Å². The molecule has 1 saturated carbocycles.